The monoisotopic (exact) mass is 372 g/mol. The van der Waals surface area contributed by atoms with Crippen LogP contribution in [0.5, 0.6) is 0 Å². The normalized spacial score (nSPS) is 20.5. The molecule has 1 aliphatic rings. The lowest BCUT2D eigenvalue weighted by Gasteiger charge is -2.36. The molecule has 0 N–H and O–H groups in total. The van der Waals surface area contributed by atoms with Gasteiger partial charge < -0.3 is 4.90 Å². The van der Waals surface area contributed by atoms with Crippen molar-refractivity contribution in [3.05, 3.63) is 39.4 Å². The van der Waals surface area contributed by atoms with Gasteiger partial charge in [-0.05, 0) is 24.8 Å². The second-order valence-electron chi connectivity index (χ2n) is 7.04. The molecule has 0 spiro atoms. The van der Waals surface area contributed by atoms with E-state index < -0.39 is 4.92 Å². The summed E-state index contributed by atoms with van der Waals surface area (Å²) < 4.78 is 1.84. The van der Waals surface area contributed by atoms with Crippen LogP contribution in [0.15, 0.2) is 24.4 Å². The van der Waals surface area contributed by atoms with Gasteiger partial charge in [-0.3, -0.25) is 19.3 Å². The number of rotatable bonds is 3. The first-order valence-electron chi connectivity index (χ1n) is 8.79. The molecule has 2 atom stereocenters. The molecule has 136 valence electrons. The van der Waals surface area contributed by atoms with E-state index in [0.717, 1.165) is 11.9 Å². The molecule has 0 saturated heterocycles. The number of hydrogen-bond acceptors (Lipinski definition) is 5. The molecule has 2 aromatic heterocycles. The number of carbonyl (C=O) groups is 1. The first-order chi connectivity index (χ1) is 12.5. The molecule has 1 amide bonds. The molecule has 26 heavy (non-hydrogen) atoms. The van der Waals surface area contributed by atoms with Crippen molar-refractivity contribution < 1.29 is 9.72 Å². The zero-order chi connectivity index (χ0) is 18.4. The molecule has 7 nitrogen and oxygen atoms in total. The first kappa shape index (κ1) is 17.0. The average molecular weight is 372 g/mol. The molecule has 2 unspecified atom stereocenters. The molecule has 1 aliphatic carbocycles. The smallest absolute Gasteiger partial charge is 0.271 e. The predicted molar refractivity (Wildman–Crippen MR) is 101 cm³/mol. The summed E-state index contributed by atoms with van der Waals surface area (Å²) in [6.07, 6.45) is 6.43. The number of imidazole rings is 1. The van der Waals surface area contributed by atoms with Crippen molar-refractivity contribution in [3.8, 4) is 0 Å². The molecule has 2 heterocycles. The zero-order valence-electron chi connectivity index (χ0n) is 14.7. The summed E-state index contributed by atoms with van der Waals surface area (Å²) in [5, 5.41) is 10.9. The molecule has 1 aromatic carbocycles. The quantitative estimate of drug-likeness (QED) is 0.512. The number of nitro groups is 1. The summed E-state index contributed by atoms with van der Waals surface area (Å²) in [6, 6.07) is 4.89. The number of aromatic nitrogens is 2. The highest BCUT2D eigenvalue weighted by Crippen LogP contribution is 2.31. The fourth-order valence-corrected chi connectivity index (χ4v) is 4.89. The Kier molecular flexibility index (Phi) is 4.14. The third kappa shape index (κ3) is 2.74. The van der Waals surface area contributed by atoms with E-state index in [1.807, 2.05) is 16.3 Å². The van der Waals surface area contributed by atoms with E-state index in [1.54, 1.807) is 12.3 Å². The number of benzene rings is 1. The van der Waals surface area contributed by atoms with E-state index in [1.165, 1.54) is 42.7 Å². The molecular weight excluding hydrogens is 352 g/mol. The minimum absolute atomic E-state index is 0.0190. The van der Waals surface area contributed by atoms with Crippen LogP contribution in [0.1, 0.15) is 42.3 Å². The van der Waals surface area contributed by atoms with Gasteiger partial charge >= 0.3 is 0 Å². The molecule has 4 rings (SSSR count). The SMILES string of the molecule is CC1CCCCC1N(C)C(=O)c1cn2c(nc3cc([N+](=O)[O-])ccc32)s1. The number of non-ortho nitro benzene ring substituents is 1. The van der Waals surface area contributed by atoms with Gasteiger partial charge in [0, 0.05) is 31.4 Å². The third-order valence-electron chi connectivity index (χ3n) is 5.39. The Labute approximate surface area is 154 Å². The number of thiazole rings is 1. The maximum Gasteiger partial charge on any atom is 0.271 e. The highest BCUT2D eigenvalue weighted by Gasteiger charge is 2.29. The maximum absolute atomic E-state index is 12.9. The fourth-order valence-electron chi connectivity index (χ4n) is 3.91. The summed E-state index contributed by atoms with van der Waals surface area (Å²) in [5.74, 6) is 0.539. The summed E-state index contributed by atoms with van der Waals surface area (Å²) in [6.45, 7) is 2.22. The topological polar surface area (TPSA) is 80.8 Å². The number of fused-ring (bicyclic) bond motifs is 3. The van der Waals surface area contributed by atoms with Gasteiger partial charge in [-0.15, -0.1) is 0 Å². The van der Waals surface area contributed by atoms with Crippen molar-refractivity contribution >= 4 is 38.9 Å². The van der Waals surface area contributed by atoms with Crippen LogP contribution >= 0.6 is 11.3 Å². The van der Waals surface area contributed by atoms with Crippen molar-refractivity contribution in [2.45, 2.75) is 38.6 Å². The van der Waals surface area contributed by atoms with Crippen molar-refractivity contribution in [1.82, 2.24) is 14.3 Å². The lowest BCUT2D eigenvalue weighted by Crippen LogP contribution is -2.42. The number of nitrogens with zero attached hydrogens (tertiary/aromatic N) is 4. The second kappa shape index (κ2) is 6.35. The highest BCUT2D eigenvalue weighted by molar-refractivity contribution is 7.18. The molecule has 1 saturated carbocycles. The number of carbonyl (C=O) groups excluding carboxylic acids is 1. The van der Waals surface area contributed by atoms with Crippen LogP contribution in [0.3, 0.4) is 0 Å². The molecule has 1 fully saturated rings. The van der Waals surface area contributed by atoms with E-state index in [4.69, 9.17) is 0 Å². The average Bonchev–Trinajstić information content (AvgIpc) is 3.18. The van der Waals surface area contributed by atoms with Gasteiger partial charge in [0.15, 0.2) is 4.96 Å². The van der Waals surface area contributed by atoms with Gasteiger partial charge in [0.25, 0.3) is 11.6 Å². The van der Waals surface area contributed by atoms with Crippen LogP contribution in [-0.2, 0) is 0 Å². The van der Waals surface area contributed by atoms with Gasteiger partial charge in [0.1, 0.15) is 4.88 Å². The Bertz CT molecular complexity index is 1010. The van der Waals surface area contributed by atoms with Crippen molar-refractivity contribution in [2.24, 2.45) is 5.92 Å². The Balaban J connectivity index is 1.66. The van der Waals surface area contributed by atoms with Crippen LogP contribution in [-0.4, -0.2) is 38.2 Å². The molecule has 0 aliphatic heterocycles. The summed E-state index contributed by atoms with van der Waals surface area (Å²) in [7, 11) is 1.89. The van der Waals surface area contributed by atoms with Crippen LogP contribution in [0.25, 0.3) is 16.0 Å². The van der Waals surface area contributed by atoms with Gasteiger partial charge in [0.2, 0.25) is 0 Å². The van der Waals surface area contributed by atoms with Crippen molar-refractivity contribution in [2.75, 3.05) is 7.05 Å². The van der Waals surface area contributed by atoms with Gasteiger partial charge in [-0.2, -0.15) is 0 Å². The highest BCUT2D eigenvalue weighted by atomic mass is 32.1. The second-order valence-corrected chi connectivity index (χ2v) is 8.04. The minimum atomic E-state index is -0.428. The Morgan fingerprint density at radius 2 is 2.15 bits per heavy atom. The number of amides is 1. The van der Waals surface area contributed by atoms with Gasteiger partial charge in [-0.1, -0.05) is 31.1 Å². The Morgan fingerprint density at radius 3 is 2.88 bits per heavy atom. The largest absolute Gasteiger partial charge is 0.338 e. The van der Waals surface area contributed by atoms with E-state index in [0.29, 0.717) is 21.3 Å². The summed E-state index contributed by atoms with van der Waals surface area (Å²) >= 11 is 1.33. The molecular formula is C18H20N4O3S. The summed E-state index contributed by atoms with van der Waals surface area (Å²) in [4.78, 5) is 31.1. The predicted octanol–water partition coefficient (Wildman–Crippen LogP) is 4.11. The lowest BCUT2D eigenvalue weighted by atomic mass is 9.85. The van der Waals surface area contributed by atoms with Crippen LogP contribution in [0, 0.1) is 16.0 Å². The van der Waals surface area contributed by atoms with Crippen LogP contribution in [0.4, 0.5) is 5.69 Å². The lowest BCUT2D eigenvalue weighted by molar-refractivity contribution is -0.384. The Morgan fingerprint density at radius 1 is 1.38 bits per heavy atom. The zero-order valence-corrected chi connectivity index (χ0v) is 15.5. The van der Waals surface area contributed by atoms with E-state index >= 15 is 0 Å². The molecule has 3 aromatic rings. The maximum atomic E-state index is 12.9. The van der Waals surface area contributed by atoms with Crippen molar-refractivity contribution in [1.29, 1.82) is 0 Å². The van der Waals surface area contributed by atoms with Crippen LogP contribution < -0.4 is 0 Å². The number of nitro benzene ring substituents is 1. The van der Waals surface area contributed by atoms with Crippen molar-refractivity contribution in [3.63, 3.8) is 0 Å². The molecule has 0 bridgehead atoms. The van der Waals surface area contributed by atoms with Gasteiger partial charge in [0.05, 0.1) is 16.0 Å². The first-order valence-corrected chi connectivity index (χ1v) is 9.60. The fraction of sp³-hybridized carbons (Fsp3) is 0.444. The standard InChI is InChI=1S/C18H20N4O3S/c1-11-5-3-4-6-14(11)20(2)17(23)16-10-21-15-8-7-12(22(24)25)9-13(15)19-18(21)26-16/h7-11,14H,3-6H2,1-2H3. The van der Waals surface area contributed by atoms with Gasteiger partial charge in [-0.25, -0.2) is 4.98 Å². The van der Waals surface area contributed by atoms with E-state index in [-0.39, 0.29) is 17.6 Å². The Hall–Kier alpha value is -2.48. The molecule has 0 radical (unpaired) electrons. The van der Waals surface area contributed by atoms with E-state index in [9.17, 15) is 14.9 Å². The minimum Gasteiger partial charge on any atom is -0.338 e. The molecule has 8 heteroatoms. The number of hydrogen-bond donors (Lipinski definition) is 0. The third-order valence-corrected chi connectivity index (χ3v) is 6.36. The van der Waals surface area contributed by atoms with Crippen LogP contribution in [0.2, 0.25) is 0 Å². The summed E-state index contributed by atoms with van der Waals surface area (Å²) in [5.41, 5.74) is 1.36. The van der Waals surface area contributed by atoms with E-state index in [2.05, 4.69) is 11.9 Å².